The van der Waals surface area contributed by atoms with E-state index in [9.17, 15) is 4.79 Å². The van der Waals surface area contributed by atoms with E-state index in [1.807, 2.05) is 48.5 Å². The normalized spacial score (nSPS) is 10.4. The number of rotatable bonds is 8. The summed E-state index contributed by atoms with van der Waals surface area (Å²) in [6.07, 6.45) is 3.30. The Balaban J connectivity index is 1.62. The lowest BCUT2D eigenvalue weighted by Gasteiger charge is -2.21. The van der Waals surface area contributed by atoms with Crippen LogP contribution < -0.4 is 15.5 Å². The van der Waals surface area contributed by atoms with Crippen molar-refractivity contribution in [3.05, 3.63) is 84.2 Å². The van der Waals surface area contributed by atoms with E-state index in [-0.39, 0.29) is 5.91 Å². The summed E-state index contributed by atoms with van der Waals surface area (Å²) in [6, 6.07) is 19.8. The first kappa shape index (κ1) is 19.4. The van der Waals surface area contributed by atoms with E-state index < -0.39 is 0 Å². The highest BCUT2D eigenvalue weighted by molar-refractivity contribution is 6.04. The van der Waals surface area contributed by atoms with Crippen LogP contribution in [0, 0.1) is 0 Å². The summed E-state index contributed by atoms with van der Waals surface area (Å²) < 4.78 is 0. The summed E-state index contributed by atoms with van der Waals surface area (Å²) in [7, 11) is 0. The molecule has 0 aliphatic rings. The van der Waals surface area contributed by atoms with Crippen molar-refractivity contribution < 1.29 is 4.79 Å². The van der Waals surface area contributed by atoms with Gasteiger partial charge in [-0.3, -0.25) is 9.78 Å². The van der Waals surface area contributed by atoms with E-state index >= 15 is 0 Å². The van der Waals surface area contributed by atoms with E-state index in [0.29, 0.717) is 12.1 Å². The zero-order valence-corrected chi connectivity index (χ0v) is 16.4. The van der Waals surface area contributed by atoms with Gasteiger partial charge in [0.05, 0.1) is 11.3 Å². The molecule has 5 nitrogen and oxygen atoms in total. The third-order valence-electron chi connectivity index (χ3n) is 4.59. The molecule has 3 aromatic rings. The number of nitrogens with zero attached hydrogens (tertiary/aromatic N) is 2. The van der Waals surface area contributed by atoms with Gasteiger partial charge >= 0.3 is 0 Å². The van der Waals surface area contributed by atoms with Crippen molar-refractivity contribution >= 4 is 23.0 Å². The van der Waals surface area contributed by atoms with Gasteiger partial charge in [0.25, 0.3) is 5.91 Å². The van der Waals surface area contributed by atoms with Gasteiger partial charge in [0.2, 0.25) is 0 Å². The third kappa shape index (κ3) is 5.10. The number of pyridine rings is 1. The largest absolute Gasteiger partial charge is 0.380 e. The van der Waals surface area contributed by atoms with E-state index in [4.69, 9.17) is 0 Å². The molecule has 0 aliphatic heterocycles. The maximum absolute atomic E-state index is 12.6. The number of hydrogen-bond acceptors (Lipinski definition) is 4. The zero-order chi connectivity index (χ0) is 19.8. The second-order valence-corrected chi connectivity index (χ2v) is 6.47. The van der Waals surface area contributed by atoms with E-state index in [0.717, 1.165) is 30.2 Å². The predicted octanol–water partition coefficient (Wildman–Crippen LogP) is 4.79. The molecule has 1 heterocycles. The second-order valence-electron chi connectivity index (χ2n) is 6.47. The van der Waals surface area contributed by atoms with Crippen molar-refractivity contribution in [1.29, 1.82) is 0 Å². The Morgan fingerprint density at radius 3 is 2.32 bits per heavy atom. The number of carbonyl (C=O) groups is 1. The average Bonchev–Trinajstić information content (AvgIpc) is 2.75. The van der Waals surface area contributed by atoms with E-state index in [2.05, 4.69) is 46.5 Å². The highest BCUT2D eigenvalue weighted by atomic mass is 16.1. The summed E-state index contributed by atoms with van der Waals surface area (Å²) in [4.78, 5) is 19.0. The number of aromatic nitrogens is 1. The standard InChI is InChI=1S/C23H26N4O/c1-3-27(4-2)22-12-10-20(11-13-22)26-23(28)19-14-21(17-24-16-19)25-15-18-8-6-5-7-9-18/h5-14,16-17,25H,3-4,15H2,1-2H3,(H,26,28). The zero-order valence-electron chi connectivity index (χ0n) is 16.4. The minimum atomic E-state index is -0.175. The van der Waals surface area contributed by atoms with Crippen molar-refractivity contribution in [1.82, 2.24) is 4.98 Å². The van der Waals surface area contributed by atoms with Crippen molar-refractivity contribution in [3.8, 4) is 0 Å². The molecule has 0 unspecified atom stereocenters. The topological polar surface area (TPSA) is 57.3 Å². The van der Waals surface area contributed by atoms with E-state index in [1.54, 1.807) is 12.4 Å². The van der Waals surface area contributed by atoms with Gasteiger partial charge in [0, 0.05) is 43.4 Å². The molecular weight excluding hydrogens is 348 g/mol. The highest BCUT2D eigenvalue weighted by Gasteiger charge is 2.08. The van der Waals surface area contributed by atoms with Crippen LogP contribution in [-0.2, 0) is 6.54 Å². The summed E-state index contributed by atoms with van der Waals surface area (Å²) in [6.45, 7) is 6.85. The molecule has 28 heavy (non-hydrogen) atoms. The Bertz CT molecular complexity index is 890. The Morgan fingerprint density at radius 1 is 0.929 bits per heavy atom. The summed E-state index contributed by atoms with van der Waals surface area (Å²) >= 11 is 0. The van der Waals surface area contributed by atoms with Gasteiger partial charge in [0.1, 0.15) is 0 Å². The predicted molar refractivity (Wildman–Crippen MR) is 116 cm³/mol. The fraction of sp³-hybridized carbons (Fsp3) is 0.217. The van der Waals surface area contributed by atoms with Gasteiger partial charge in [-0.05, 0) is 49.7 Å². The van der Waals surface area contributed by atoms with Gasteiger partial charge < -0.3 is 15.5 Å². The first-order valence-electron chi connectivity index (χ1n) is 9.58. The first-order valence-corrected chi connectivity index (χ1v) is 9.58. The minimum absolute atomic E-state index is 0.175. The van der Waals surface area contributed by atoms with Gasteiger partial charge in [-0.1, -0.05) is 30.3 Å². The molecule has 0 fully saturated rings. The van der Waals surface area contributed by atoms with Gasteiger partial charge in [0.15, 0.2) is 0 Å². The molecule has 0 saturated carbocycles. The Morgan fingerprint density at radius 2 is 1.64 bits per heavy atom. The van der Waals surface area contributed by atoms with Crippen LogP contribution in [-0.4, -0.2) is 24.0 Å². The van der Waals surface area contributed by atoms with Crippen LogP contribution in [0.2, 0.25) is 0 Å². The second kappa shape index (κ2) is 9.55. The molecule has 0 atom stereocenters. The number of hydrogen-bond donors (Lipinski definition) is 2. The number of amides is 1. The Labute approximate surface area is 166 Å². The molecule has 0 radical (unpaired) electrons. The van der Waals surface area contributed by atoms with Crippen molar-refractivity contribution in [2.45, 2.75) is 20.4 Å². The molecular formula is C23H26N4O. The lowest BCUT2D eigenvalue weighted by Crippen LogP contribution is -2.21. The summed E-state index contributed by atoms with van der Waals surface area (Å²) in [5.74, 6) is -0.175. The minimum Gasteiger partial charge on any atom is -0.380 e. The molecule has 1 amide bonds. The van der Waals surface area contributed by atoms with E-state index in [1.165, 1.54) is 5.56 Å². The average molecular weight is 374 g/mol. The number of carbonyl (C=O) groups excluding carboxylic acids is 1. The Hall–Kier alpha value is -3.34. The van der Waals surface area contributed by atoms with Crippen LogP contribution in [0.1, 0.15) is 29.8 Å². The SMILES string of the molecule is CCN(CC)c1ccc(NC(=O)c2cncc(NCc3ccccc3)c2)cc1. The highest BCUT2D eigenvalue weighted by Crippen LogP contribution is 2.19. The van der Waals surface area contributed by atoms with Crippen LogP contribution in [0.25, 0.3) is 0 Å². The fourth-order valence-electron chi connectivity index (χ4n) is 3.01. The third-order valence-corrected chi connectivity index (χ3v) is 4.59. The lowest BCUT2D eigenvalue weighted by molar-refractivity contribution is 0.102. The van der Waals surface area contributed by atoms with Crippen LogP contribution >= 0.6 is 0 Å². The fourth-order valence-corrected chi connectivity index (χ4v) is 3.01. The van der Waals surface area contributed by atoms with Crippen molar-refractivity contribution in [2.24, 2.45) is 0 Å². The summed E-state index contributed by atoms with van der Waals surface area (Å²) in [5, 5.41) is 6.24. The molecule has 0 spiro atoms. The monoisotopic (exact) mass is 374 g/mol. The molecule has 144 valence electrons. The smallest absolute Gasteiger partial charge is 0.257 e. The molecule has 0 aliphatic carbocycles. The molecule has 2 N–H and O–H groups in total. The van der Waals surface area contributed by atoms with Crippen LogP contribution in [0.3, 0.4) is 0 Å². The first-order chi connectivity index (χ1) is 13.7. The maximum atomic E-state index is 12.6. The number of nitrogens with one attached hydrogen (secondary N) is 2. The molecule has 1 aromatic heterocycles. The van der Waals surface area contributed by atoms with Gasteiger partial charge in [-0.2, -0.15) is 0 Å². The van der Waals surface area contributed by atoms with Crippen LogP contribution in [0.5, 0.6) is 0 Å². The maximum Gasteiger partial charge on any atom is 0.257 e. The Kier molecular flexibility index (Phi) is 6.63. The molecule has 0 bridgehead atoms. The lowest BCUT2D eigenvalue weighted by atomic mass is 10.2. The number of anilines is 3. The number of benzene rings is 2. The van der Waals surface area contributed by atoms with Gasteiger partial charge in [-0.15, -0.1) is 0 Å². The van der Waals surface area contributed by atoms with Crippen LogP contribution in [0.15, 0.2) is 73.1 Å². The van der Waals surface area contributed by atoms with Gasteiger partial charge in [-0.25, -0.2) is 0 Å². The summed E-state index contributed by atoms with van der Waals surface area (Å²) in [5.41, 5.74) is 4.42. The van der Waals surface area contributed by atoms with Crippen molar-refractivity contribution in [3.63, 3.8) is 0 Å². The van der Waals surface area contributed by atoms with Crippen LogP contribution in [0.4, 0.5) is 17.1 Å². The quantitative estimate of drug-likeness (QED) is 0.595. The molecule has 2 aromatic carbocycles. The molecule has 0 saturated heterocycles. The van der Waals surface area contributed by atoms with Crippen molar-refractivity contribution in [2.75, 3.05) is 28.6 Å². The molecule has 5 heteroatoms. The molecule has 3 rings (SSSR count).